The van der Waals surface area contributed by atoms with Gasteiger partial charge in [-0.3, -0.25) is 4.79 Å². The fourth-order valence-electron chi connectivity index (χ4n) is 2.20. The lowest BCUT2D eigenvalue weighted by atomic mass is 9.79. The second-order valence-electron chi connectivity index (χ2n) is 5.86. The smallest absolute Gasteiger partial charge is 0.255 e. The Bertz CT molecular complexity index is 525. The minimum atomic E-state index is -0.900. The predicted molar refractivity (Wildman–Crippen MR) is 69.3 cm³/mol. The highest BCUT2D eigenvalue weighted by molar-refractivity contribution is 5.94. The van der Waals surface area contributed by atoms with Crippen LogP contribution in [-0.2, 0) is 0 Å². The van der Waals surface area contributed by atoms with Crippen LogP contribution >= 0.6 is 0 Å². The molecular weight excluding hydrogens is 242 g/mol. The molecule has 0 spiro atoms. The van der Waals surface area contributed by atoms with E-state index in [0.29, 0.717) is 18.7 Å². The van der Waals surface area contributed by atoms with E-state index in [1.807, 2.05) is 19.9 Å². The third kappa shape index (κ3) is 2.32. The van der Waals surface area contributed by atoms with Crippen molar-refractivity contribution in [3.8, 4) is 6.07 Å². The molecule has 5 heteroatoms. The van der Waals surface area contributed by atoms with Gasteiger partial charge in [-0.05, 0) is 19.1 Å². The van der Waals surface area contributed by atoms with Crippen molar-refractivity contribution in [1.82, 2.24) is 9.88 Å². The highest BCUT2D eigenvalue weighted by Gasteiger charge is 2.49. The van der Waals surface area contributed by atoms with E-state index in [2.05, 4.69) is 4.98 Å². The highest BCUT2D eigenvalue weighted by Crippen LogP contribution is 2.38. The maximum atomic E-state index is 12.3. The second-order valence-corrected chi connectivity index (χ2v) is 5.86. The molecule has 1 aromatic rings. The third-order valence-electron chi connectivity index (χ3n) is 3.96. The molecule has 0 unspecified atom stereocenters. The summed E-state index contributed by atoms with van der Waals surface area (Å²) in [5, 5.41) is 19.0. The molecule has 1 saturated heterocycles. The Labute approximate surface area is 112 Å². The number of nitrogens with zero attached hydrogens (tertiary/aromatic N) is 3. The Morgan fingerprint density at radius 1 is 1.42 bits per heavy atom. The zero-order valence-electron chi connectivity index (χ0n) is 11.3. The number of hydrogen-bond donors (Lipinski definition) is 1. The van der Waals surface area contributed by atoms with E-state index >= 15 is 0 Å². The first kappa shape index (κ1) is 13.5. The molecule has 1 aromatic heterocycles. The number of carbonyl (C=O) groups is 1. The summed E-state index contributed by atoms with van der Waals surface area (Å²) >= 11 is 0. The number of aromatic nitrogens is 1. The molecular formula is C14H17N3O2. The van der Waals surface area contributed by atoms with Gasteiger partial charge in [0.2, 0.25) is 0 Å². The summed E-state index contributed by atoms with van der Waals surface area (Å²) in [6, 6.07) is 5.02. The molecule has 2 rings (SSSR count). The lowest BCUT2D eigenvalue weighted by Crippen LogP contribution is -2.40. The number of aliphatic hydroxyl groups is 1. The summed E-state index contributed by atoms with van der Waals surface area (Å²) in [5.74, 6) is -0.164. The number of nitriles is 1. The molecule has 1 N–H and O–H groups in total. The third-order valence-corrected chi connectivity index (χ3v) is 3.96. The molecule has 100 valence electrons. The van der Waals surface area contributed by atoms with Crippen LogP contribution in [0.25, 0.3) is 0 Å². The van der Waals surface area contributed by atoms with Gasteiger partial charge in [-0.1, -0.05) is 13.8 Å². The van der Waals surface area contributed by atoms with Crippen LogP contribution in [-0.4, -0.2) is 39.6 Å². The second kappa shape index (κ2) is 4.32. The Morgan fingerprint density at radius 2 is 2.11 bits per heavy atom. The lowest BCUT2D eigenvalue weighted by Gasteiger charge is -2.30. The maximum Gasteiger partial charge on any atom is 0.255 e. The molecule has 1 amide bonds. The topological polar surface area (TPSA) is 77.2 Å². The van der Waals surface area contributed by atoms with Gasteiger partial charge in [0, 0.05) is 18.2 Å². The van der Waals surface area contributed by atoms with E-state index in [1.54, 1.807) is 17.9 Å². The minimum Gasteiger partial charge on any atom is -0.388 e. The standard InChI is InChI=1S/C14H17N3O2/c1-13(2)8-17(9-14(13,3)19)12(18)10-4-5-11(6-15)16-7-10/h4-5,7,19H,8-9H2,1-3H3/t14-/m0/s1. The summed E-state index contributed by atoms with van der Waals surface area (Å²) in [7, 11) is 0. The van der Waals surface area contributed by atoms with Crippen molar-refractivity contribution in [2.24, 2.45) is 5.41 Å². The van der Waals surface area contributed by atoms with Crippen molar-refractivity contribution < 1.29 is 9.90 Å². The molecule has 0 aliphatic carbocycles. The number of rotatable bonds is 1. The fraction of sp³-hybridized carbons (Fsp3) is 0.500. The van der Waals surface area contributed by atoms with E-state index in [0.717, 1.165) is 0 Å². The number of amides is 1. The van der Waals surface area contributed by atoms with Crippen molar-refractivity contribution in [3.63, 3.8) is 0 Å². The van der Waals surface area contributed by atoms with Crippen LogP contribution < -0.4 is 0 Å². The van der Waals surface area contributed by atoms with Gasteiger partial charge >= 0.3 is 0 Å². The summed E-state index contributed by atoms with van der Waals surface area (Å²) in [4.78, 5) is 17.8. The first-order chi connectivity index (χ1) is 8.77. The zero-order chi connectivity index (χ0) is 14.3. The lowest BCUT2D eigenvalue weighted by molar-refractivity contribution is -0.0108. The molecule has 1 aliphatic rings. The van der Waals surface area contributed by atoms with Crippen molar-refractivity contribution in [2.45, 2.75) is 26.4 Å². The fourth-order valence-corrected chi connectivity index (χ4v) is 2.20. The van der Waals surface area contributed by atoms with Gasteiger partial charge in [0.15, 0.2) is 0 Å². The summed E-state index contributed by atoms with van der Waals surface area (Å²) < 4.78 is 0. The molecule has 2 heterocycles. The number of pyridine rings is 1. The first-order valence-corrected chi connectivity index (χ1v) is 6.15. The van der Waals surface area contributed by atoms with Crippen LogP contribution in [0, 0.1) is 16.7 Å². The molecule has 5 nitrogen and oxygen atoms in total. The molecule has 0 radical (unpaired) electrons. The van der Waals surface area contributed by atoms with Crippen LogP contribution in [0.15, 0.2) is 18.3 Å². The normalized spacial score (nSPS) is 25.1. The van der Waals surface area contributed by atoms with Gasteiger partial charge in [-0.2, -0.15) is 5.26 Å². The Kier molecular flexibility index (Phi) is 3.07. The van der Waals surface area contributed by atoms with Crippen LogP contribution in [0.5, 0.6) is 0 Å². The molecule has 0 saturated carbocycles. The largest absolute Gasteiger partial charge is 0.388 e. The van der Waals surface area contributed by atoms with Gasteiger partial charge in [0.25, 0.3) is 5.91 Å². The van der Waals surface area contributed by atoms with Gasteiger partial charge in [-0.15, -0.1) is 0 Å². The molecule has 1 fully saturated rings. The summed E-state index contributed by atoms with van der Waals surface area (Å²) in [6.07, 6.45) is 1.40. The monoisotopic (exact) mass is 259 g/mol. The summed E-state index contributed by atoms with van der Waals surface area (Å²) in [5.41, 5.74) is -0.524. The summed E-state index contributed by atoms with van der Waals surface area (Å²) in [6.45, 7) is 6.43. The Hall–Kier alpha value is -1.93. The molecule has 0 aromatic carbocycles. The van der Waals surface area contributed by atoms with E-state index in [9.17, 15) is 9.90 Å². The van der Waals surface area contributed by atoms with Gasteiger partial charge in [0.1, 0.15) is 11.8 Å². The number of likely N-dealkylation sites (tertiary alicyclic amines) is 1. The van der Waals surface area contributed by atoms with Crippen molar-refractivity contribution in [2.75, 3.05) is 13.1 Å². The van der Waals surface area contributed by atoms with Crippen molar-refractivity contribution in [1.29, 1.82) is 5.26 Å². The minimum absolute atomic E-state index is 0.164. The molecule has 1 aliphatic heterocycles. The Balaban J connectivity index is 2.20. The SMILES string of the molecule is CC1(C)CN(C(=O)c2ccc(C#N)nc2)C[C@]1(C)O. The average Bonchev–Trinajstić information content (AvgIpc) is 2.58. The van der Waals surface area contributed by atoms with Crippen LogP contribution in [0.4, 0.5) is 0 Å². The van der Waals surface area contributed by atoms with E-state index in [1.165, 1.54) is 12.3 Å². The van der Waals surface area contributed by atoms with Crippen molar-refractivity contribution in [3.05, 3.63) is 29.6 Å². The van der Waals surface area contributed by atoms with Crippen LogP contribution in [0.1, 0.15) is 36.8 Å². The first-order valence-electron chi connectivity index (χ1n) is 6.15. The van der Waals surface area contributed by atoms with E-state index < -0.39 is 5.60 Å². The number of carbonyl (C=O) groups excluding carboxylic acids is 1. The number of β-amino-alcohol motifs (C(OH)–C–C–N with tert-alkyl or cyclic N) is 1. The molecule has 19 heavy (non-hydrogen) atoms. The average molecular weight is 259 g/mol. The number of hydrogen-bond acceptors (Lipinski definition) is 4. The van der Waals surface area contributed by atoms with E-state index in [-0.39, 0.29) is 17.0 Å². The van der Waals surface area contributed by atoms with Crippen LogP contribution in [0.3, 0.4) is 0 Å². The predicted octanol–water partition coefficient (Wildman–Crippen LogP) is 1.19. The van der Waals surface area contributed by atoms with Gasteiger partial charge in [0.05, 0.1) is 17.7 Å². The molecule has 0 bridgehead atoms. The van der Waals surface area contributed by atoms with Gasteiger partial charge in [-0.25, -0.2) is 4.98 Å². The molecule has 1 atom stereocenters. The zero-order valence-corrected chi connectivity index (χ0v) is 11.3. The van der Waals surface area contributed by atoms with Crippen LogP contribution in [0.2, 0.25) is 0 Å². The van der Waals surface area contributed by atoms with Crippen molar-refractivity contribution >= 4 is 5.91 Å². The maximum absolute atomic E-state index is 12.3. The quantitative estimate of drug-likeness (QED) is 0.821. The highest BCUT2D eigenvalue weighted by atomic mass is 16.3. The van der Waals surface area contributed by atoms with E-state index in [4.69, 9.17) is 5.26 Å². The van der Waals surface area contributed by atoms with Gasteiger partial charge < -0.3 is 10.0 Å². The Morgan fingerprint density at radius 3 is 2.53 bits per heavy atom.